The van der Waals surface area contributed by atoms with Crippen molar-refractivity contribution in [1.29, 1.82) is 0 Å². The van der Waals surface area contributed by atoms with Crippen molar-refractivity contribution in [2.24, 2.45) is 0 Å². The molecule has 0 spiro atoms. The lowest BCUT2D eigenvalue weighted by Crippen LogP contribution is -1.99. The lowest BCUT2D eigenvalue weighted by atomic mass is 10.1. The molecule has 2 rings (SSSR count). The molecule has 0 bridgehead atoms. The Hall–Kier alpha value is -1.03. The number of aromatic amines is 1. The zero-order valence-electron chi connectivity index (χ0n) is 7.89. The number of hydrogen-bond donors (Lipinski definition) is 2. The summed E-state index contributed by atoms with van der Waals surface area (Å²) in [6.07, 6.45) is 3.57. The molecule has 0 amide bonds. The number of hydrogen-bond acceptors (Lipinski definition) is 3. The molecule has 4 nitrogen and oxygen atoms in total. The number of fused-ring (bicyclic) bond motifs is 1. The zero-order valence-corrected chi connectivity index (χ0v) is 7.89. The summed E-state index contributed by atoms with van der Waals surface area (Å²) in [6.45, 7) is 1.66. The van der Waals surface area contributed by atoms with Crippen molar-refractivity contribution >= 4 is 5.82 Å². The van der Waals surface area contributed by atoms with Crippen LogP contribution in [0.3, 0.4) is 0 Å². The molecule has 2 heterocycles. The van der Waals surface area contributed by atoms with E-state index in [4.69, 9.17) is 4.74 Å². The predicted molar refractivity (Wildman–Crippen MR) is 50.7 cm³/mol. The van der Waals surface area contributed by atoms with Crippen LogP contribution >= 0.6 is 0 Å². The molecule has 0 saturated carbocycles. The molecule has 1 aromatic rings. The lowest BCUT2D eigenvalue weighted by Gasteiger charge is -2.00. The van der Waals surface area contributed by atoms with Crippen LogP contribution in [0.1, 0.15) is 24.1 Å². The summed E-state index contributed by atoms with van der Waals surface area (Å²) in [6, 6.07) is 0. The first-order valence-corrected chi connectivity index (χ1v) is 4.70. The fraction of sp³-hybridized carbons (Fsp3) is 0.667. The van der Waals surface area contributed by atoms with E-state index >= 15 is 0 Å². The Labute approximate surface area is 77.7 Å². The van der Waals surface area contributed by atoms with Crippen LogP contribution in [0.2, 0.25) is 0 Å². The number of rotatable bonds is 2. The van der Waals surface area contributed by atoms with E-state index in [9.17, 15) is 0 Å². The van der Waals surface area contributed by atoms with Crippen molar-refractivity contribution in [3.63, 3.8) is 0 Å². The van der Waals surface area contributed by atoms with E-state index in [1.165, 1.54) is 18.4 Å². The van der Waals surface area contributed by atoms with Gasteiger partial charge < -0.3 is 10.1 Å². The van der Waals surface area contributed by atoms with Crippen LogP contribution in [-0.2, 0) is 17.8 Å². The molecular weight excluding hydrogens is 166 g/mol. The number of H-pyrrole nitrogens is 1. The molecule has 0 fully saturated rings. The minimum atomic E-state index is 0.629. The molecule has 0 unspecified atom stereocenters. The average Bonchev–Trinajstić information content (AvgIpc) is 2.38. The van der Waals surface area contributed by atoms with Crippen LogP contribution in [-0.4, -0.2) is 23.9 Å². The fourth-order valence-electron chi connectivity index (χ4n) is 1.71. The Morgan fingerprint density at radius 1 is 1.46 bits per heavy atom. The third-order valence-electron chi connectivity index (χ3n) is 2.39. The first-order valence-electron chi connectivity index (χ1n) is 4.70. The number of ether oxygens (including phenoxy) is 1. The molecule has 0 aliphatic carbocycles. The van der Waals surface area contributed by atoms with Gasteiger partial charge in [0, 0.05) is 19.2 Å². The number of anilines is 1. The van der Waals surface area contributed by atoms with Gasteiger partial charge in [0.15, 0.2) is 5.82 Å². The maximum atomic E-state index is 5.09. The molecule has 1 aliphatic rings. The van der Waals surface area contributed by atoms with E-state index < -0.39 is 0 Å². The first kappa shape index (κ1) is 8.56. The highest BCUT2D eigenvalue weighted by atomic mass is 16.5. The highest BCUT2D eigenvalue weighted by Crippen LogP contribution is 2.22. The van der Waals surface area contributed by atoms with Crippen LogP contribution in [0.4, 0.5) is 5.82 Å². The molecular formula is C9H15N3O. The summed E-state index contributed by atoms with van der Waals surface area (Å²) in [7, 11) is 1.71. The Kier molecular flexibility index (Phi) is 2.49. The van der Waals surface area contributed by atoms with Gasteiger partial charge in [0.05, 0.1) is 12.3 Å². The highest BCUT2D eigenvalue weighted by Gasteiger charge is 2.14. The summed E-state index contributed by atoms with van der Waals surface area (Å²) in [5, 5.41) is 10.5. The molecule has 72 valence electrons. The van der Waals surface area contributed by atoms with Gasteiger partial charge in [-0.1, -0.05) is 0 Å². The van der Waals surface area contributed by atoms with Gasteiger partial charge in [0.2, 0.25) is 0 Å². The second kappa shape index (κ2) is 3.79. The maximum Gasteiger partial charge on any atom is 0.151 e. The molecule has 0 aromatic carbocycles. The van der Waals surface area contributed by atoms with Gasteiger partial charge >= 0.3 is 0 Å². The normalized spacial score (nSPS) is 16.1. The summed E-state index contributed by atoms with van der Waals surface area (Å²) in [5.41, 5.74) is 2.42. The van der Waals surface area contributed by atoms with Gasteiger partial charge in [0.25, 0.3) is 0 Å². The van der Waals surface area contributed by atoms with Crippen LogP contribution in [0, 0.1) is 0 Å². The van der Waals surface area contributed by atoms with Crippen molar-refractivity contribution in [3.05, 3.63) is 11.3 Å². The van der Waals surface area contributed by atoms with E-state index in [0.717, 1.165) is 24.5 Å². The Morgan fingerprint density at radius 2 is 2.38 bits per heavy atom. The third-order valence-corrected chi connectivity index (χ3v) is 2.39. The van der Waals surface area contributed by atoms with Gasteiger partial charge in [-0.3, -0.25) is 5.10 Å². The van der Waals surface area contributed by atoms with Crippen molar-refractivity contribution in [1.82, 2.24) is 10.2 Å². The molecule has 1 aliphatic heterocycles. The van der Waals surface area contributed by atoms with Gasteiger partial charge in [-0.25, -0.2) is 0 Å². The highest BCUT2D eigenvalue weighted by molar-refractivity contribution is 5.47. The minimum Gasteiger partial charge on any atom is -0.378 e. The van der Waals surface area contributed by atoms with Crippen molar-refractivity contribution in [2.75, 3.05) is 19.0 Å². The molecule has 2 N–H and O–H groups in total. The van der Waals surface area contributed by atoms with Crippen molar-refractivity contribution in [2.45, 2.75) is 25.9 Å². The fourth-order valence-corrected chi connectivity index (χ4v) is 1.71. The monoisotopic (exact) mass is 181 g/mol. The number of nitrogens with zero attached hydrogens (tertiary/aromatic N) is 1. The zero-order chi connectivity index (χ0) is 9.10. The number of methoxy groups -OCH3 is 1. The largest absolute Gasteiger partial charge is 0.378 e. The number of aromatic nitrogens is 2. The molecule has 0 radical (unpaired) electrons. The minimum absolute atomic E-state index is 0.629. The third kappa shape index (κ3) is 1.67. The first-order chi connectivity index (χ1) is 6.42. The smallest absolute Gasteiger partial charge is 0.151 e. The second-order valence-electron chi connectivity index (χ2n) is 3.35. The standard InChI is InChI=1S/C9H15N3O/c1-13-6-8-7-4-2-3-5-10-9(7)12-11-8/h2-6H2,1H3,(H2,10,11,12). The Bertz CT molecular complexity index is 282. The Morgan fingerprint density at radius 3 is 3.23 bits per heavy atom. The molecule has 0 saturated heterocycles. The predicted octanol–water partition coefficient (Wildman–Crippen LogP) is 1.30. The van der Waals surface area contributed by atoms with E-state index in [2.05, 4.69) is 15.5 Å². The summed E-state index contributed by atoms with van der Waals surface area (Å²) in [5.74, 6) is 1.02. The van der Waals surface area contributed by atoms with Gasteiger partial charge in [-0.2, -0.15) is 5.10 Å². The van der Waals surface area contributed by atoms with Gasteiger partial charge in [-0.15, -0.1) is 0 Å². The van der Waals surface area contributed by atoms with Gasteiger partial charge in [0.1, 0.15) is 0 Å². The van der Waals surface area contributed by atoms with Crippen LogP contribution in [0.15, 0.2) is 0 Å². The average molecular weight is 181 g/mol. The molecule has 1 aromatic heterocycles. The molecule has 4 heteroatoms. The maximum absolute atomic E-state index is 5.09. The Balaban J connectivity index is 2.23. The molecule has 13 heavy (non-hydrogen) atoms. The summed E-state index contributed by atoms with van der Waals surface area (Å²) < 4.78 is 5.09. The second-order valence-corrected chi connectivity index (χ2v) is 3.35. The number of nitrogens with one attached hydrogen (secondary N) is 2. The topological polar surface area (TPSA) is 49.9 Å². The van der Waals surface area contributed by atoms with E-state index in [-0.39, 0.29) is 0 Å². The van der Waals surface area contributed by atoms with Crippen molar-refractivity contribution < 1.29 is 4.74 Å². The van der Waals surface area contributed by atoms with Crippen LogP contribution in [0.25, 0.3) is 0 Å². The molecule has 0 atom stereocenters. The van der Waals surface area contributed by atoms with Crippen LogP contribution < -0.4 is 5.32 Å². The van der Waals surface area contributed by atoms with E-state index in [0.29, 0.717) is 6.61 Å². The summed E-state index contributed by atoms with van der Waals surface area (Å²) in [4.78, 5) is 0. The van der Waals surface area contributed by atoms with Crippen molar-refractivity contribution in [3.8, 4) is 0 Å². The van der Waals surface area contributed by atoms with E-state index in [1.807, 2.05) is 0 Å². The summed E-state index contributed by atoms with van der Waals surface area (Å²) >= 11 is 0. The SMILES string of the molecule is COCc1[nH]nc2c1CCCCN2. The van der Waals surface area contributed by atoms with E-state index in [1.54, 1.807) is 7.11 Å². The quantitative estimate of drug-likeness (QED) is 0.723. The van der Waals surface area contributed by atoms with Crippen LogP contribution in [0.5, 0.6) is 0 Å². The van der Waals surface area contributed by atoms with Gasteiger partial charge in [-0.05, 0) is 19.3 Å². The lowest BCUT2D eigenvalue weighted by molar-refractivity contribution is 0.180.